The molecule has 1 aliphatic heterocycles. The number of benzene rings is 1. The molecule has 0 saturated carbocycles. The summed E-state index contributed by atoms with van der Waals surface area (Å²) in [5.74, 6) is 0. The standard InChI is InChI=1S/C13H19N3O2/c1-14-13(17)15-10-11-3-2-4-12(9-11)16-5-7-18-8-6-16/h2-4,9H,5-8,10H2,1H3,(H2,14,15,17). The molecule has 1 fully saturated rings. The lowest BCUT2D eigenvalue weighted by atomic mass is 10.2. The summed E-state index contributed by atoms with van der Waals surface area (Å²) < 4.78 is 5.34. The Bertz CT molecular complexity index is 403. The number of hydrogen-bond donors (Lipinski definition) is 2. The van der Waals surface area contributed by atoms with Crippen molar-refractivity contribution in [1.29, 1.82) is 0 Å². The highest BCUT2D eigenvalue weighted by Gasteiger charge is 2.11. The van der Waals surface area contributed by atoms with E-state index in [2.05, 4.69) is 27.7 Å². The Kier molecular flexibility index (Phi) is 4.41. The monoisotopic (exact) mass is 249 g/mol. The van der Waals surface area contributed by atoms with Crippen LogP contribution in [0.2, 0.25) is 0 Å². The first-order valence-corrected chi connectivity index (χ1v) is 6.17. The van der Waals surface area contributed by atoms with Crippen LogP contribution in [0.3, 0.4) is 0 Å². The molecule has 1 saturated heterocycles. The van der Waals surface area contributed by atoms with E-state index in [1.807, 2.05) is 12.1 Å². The third kappa shape index (κ3) is 3.37. The van der Waals surface area contributed by atoms with Crippen LogP contribution in [0.5, 0.6) is 0 Å². The van der Waals surface area contributed by atoms with Gasteiger partial charge in [-0.15, -0.1) is 0 Å². The number of rotatable bonds is 3. The minimum absolute atomic E-state index is 0.160. The van der Waals surface area contributed by atoms with Crippen molar-refractivity contribution >= 4 is 11.7 Å². The van der Waals surface area contributed by atoms with E-state index in [9.17, 15) is 4.79 Å². The van der Waals surface area contributed by atoms with Crippen LogP contribution in [0.4, 0.5) is 10.5 Å². The molecule has 1 aromatic carbocycles. The summed E-state index contributed by atoms with van der Waals surface area (Å²) in [6.07, 6.45) is 0. The number of anilines is 1. The zero-order valence-electron chi connectivity index (χ0n) is 10.6. The minimum Gasteiger partial charge on any atom is -0.378 e. The molecule has 98 valence electrons. The molecule has 0 radical (unpaired) electrons. The van der Waals surface area contributed by atoms with Crippen LogP contribution in [-0.4, -0.2) is 39.4 Å². The molecule has 0 aromatic heterocycles. The highest BCUT2D eigenvalue weighted by atomic mass is 16.5. The Labute approximate surface area is 107 Å². The molecule has 0 unspecified atom stereocenters. The van der Waals surface area contributed by atoms with Gasteiger partial charge in [0.15, 0.2) is 0 Å². The molecule has 0 spiro atoms. The van der Waals surface area contributed by atoms with Crippen molar-refractivity contribution in [2.24, 2.45) is 0 Å². The minimum atomic E-state index is -0.160. The number of nitrogens with zero attached hydrogens (tertiary/aromatic N) is 1. The van der Waals surface area contributed by atoms with Crippen molar-refractivity contribution in [3.8, 4) is 0 Å². The van der Waals surface area contributed by atoms with Crippen LogP contribution in [0.15, 0.2) is 24.3 Å². The van der Waals surface area contributed by atoms with Crippen LogP contribution in [0, 0.1) is 0 Å². The van der Waals surface area contributed by atoms with E-state index in [-0.39, 0.29) is 6.03 Å². The molecular weight excluding hydrogens is 230 g/mol. The average Bonchev–Trinajstić information content (AvgIpc) is 2.46. The quantitative estimate of drug-likeness (QED) is 0.838. The molecule has 2 rings (SSSR count). The fourth-order valence-corrected chi connectivity index (χ4v) is 1.96. The normalized spacial score (nSPS) is 15.3. The van der Waals surface area contributed by atoms with Gasteiger partial charge in [0.1, 0.15) is 0 Å². The van der Waals surface area contributed by atoms with E-state index < -0.39 is 0 Å². The lowest BCUT2D eigenvalue weighted by molar-refractivity contribution is 0.122. The topological polar surface area (TPSA) is 53.6 Å². The number of hydrogen-bond acceptors (Lipinski definition) is 3. The van der Waals surface area contributed by atoms with E-state index in [0.29, 0.717) is 6.54 Å². The van der Waals surface area contributed by atoms with Gasteiger partial charge in [-0.1, -0.05) is 12.1 Å². The van der Waals surface area contributed by atoms with E-state index in [1.54, 1.807) is 7.05 Å². The van der Waals surface area contributed by atoms with Crippen molar-refractivity contribution in [3.05, 3.63) is 29.8 Å². The summed E-state index contributed by atoms with van der Waals surface area (Å²) in [7, 11) is 1.61. The Morgan fingerprint density at radius 2 is 2.17 bits per heavy atom. The van der Waals surface area contributed by atoms with E-state index in [0.717, 1.165) is 31.9 Å². The first-order chi connectivity index (χ1) is 8.79. The Morgan fingerprint density at radius 3 is 2.89 bits per heavy atom. The molecule has 1 heterocycles. The van der Waals surface area contributed by atoms with E-state index >= 15 is 0 Å². The predicted molar refractivity (Wildman–Crippen MR) is 70.8 cm³/mol. The van der Waals surface area contributed by atoms with Crippen molar-refractivity contribution < 1.29 is 9.53 Å². The lowest BCUT2D eigenvalue weighted by Gasteiger charge is -2.29. The molecule has 5 heteroatoms. The largest absolute Gasteiger partial charge is 0.378 e. The first-order valence-electron chi connectivity index (χ1n) is 6.17. The van der Waals surface area contributed by atoms with Crippen molar-refractivity contribution in [2.45, 2.75) is 6.54 Å². The molecule has 5 nitrogen and oxygen atoms in total. The maximum atomic E-state index is 11.1. The summed E-state index contributed by atoms with van der Waals surface area (Å²) in [5, 5.41) is 5.32. The maximum Gasteiger partial charge on any atom is 0.314 e. The van der Waals surface area contributed by atoms with Crippen LogP contribution < -0.4 is 15.5 Å². The molecule has 2 amide bonds. The van der Waals surface area contributed by atoms with Crippen molar-refractivity contribution in [1.82, 2.24) is 10.6 Å². The van der Waals surface area contributed by atoms with E-state index in [4.69, 9.17) is 4.74 Å². The number of ether oxygens (including phenoxy) is 1. The summed E-state index contributed by atoms with van der Waals surface area (Å²) >= 11 is 0. The molecule has 2 N–H and O–H groups in total. The smallest absolute Gasteiger partial charge is 0.314 e. The number of urea groups is 1. The summed E-state index contributed by atoms with van der Waals surface area (Å²) in [6.45, 7) is 3.94. The second kappa shape index (κ2) is 6.26. The molecule has 0 aliphatic carbocycles. The predicted octanol–water partition coefficient (Wildman–Crippen LogP) is 0.952. The molecule has 1 aliphatic rings. The van der Waals surface area contributed by atoms with Gasteiger partial charge in [0.2, 0.25) is 0 Å². The zero-order chi connectivity index (χ0) is 12.8. The third-order valence-electron chi connectivity index (χ3n) is 2.97. The number of morpholine rings is 1. The Hall–Kier alpha value is -1.75. The molecule has 1 aromatic rings. The fourth-order valence-electron chi connectivity index (χ4n) is 1.96. The van der Waals surface area contributed by atoms with Gasteiger partial charge in [-0.05, 0) is 17.7 Å². The number of amides is 2. The Morgan fingerprint density at radius 1 is 1.39 bits per heavy atom. The van der Waals surface area contributed by atoms with Crippen LogP contribution >= 0.6 is 0 Å². The summed E-state index contributed by atoms with van der Waals surface area (Å²) in [6, 6.07) is 8.08. The van der Waals surface area contributed by atoms with Crippen molar-refractivity contribution in [3.63, 3.8) is 0 Å². The second-order valence-corrected chi connectivity index (χ2v) is 4.20. The van der Waals surface area contributed by atoms with Crippen molar-refractivity contribution in [2.75, 3.05) is 38.3 Å². The van der Waals surface area contributed by atoms with Gasteiger partial charge in [-0.2, -0.15) is 0 Å². The fraction of sp³-hybridized carbons (Fsp3) is 0.462. The maximum absolute atomic E-state index is 11.1. The highest BCUT2D eigenvalue weighted by molar-refractivity contribution is 5.73. The number of carbonyl (C=O) groups excluding carboxylic acids is 1. The SMILES string of the molecule is CNC(=O)NCc1cccc(N2CCOCC2)c1. The van der Waals surface area contributed by atoms with Gasteiger partial charge in [-0.25, -0.2) is 4.79 Å². The Balaban J connectivity index is 1.98. The van der Waals surface area contributed by atoms with Gasteiger partial charge >= 0.3 is 6.03 Å². The van der Waals surface area contributed by atoms with Crippen LogP contribution in [-0.2, 0) is 11.3 Å². The second-order valence-electron chi connectivity index (χ2n) is 4.20. The molecule has 18 heavy (non-hydrogen) atoms. The molecule has 0 bridgehead atoms. The third-order valence-corrected chi connectivity index (χ3v) is 2.97. The number of nitrogens with one attached hydrogen (secondary N) is 2. The van der Waals surface area contributed by atoms with Gasteiger partial charge in [0.25, 0.3) is 0 Å². The molecule has 0 atom stereocenters. The molecular formula is C13H19N3O2. The average molecular weight is 249 g/mol. The van der Waals surface area contributed by atoms with Gasteiger partial charge < -0.3 is 20.3 Å². The highest BCUT2D eigenvalue weighted by Crippen LogP contribution is 2.17. The zero-order valence-corrected chi connectivity index (χ0v) is 10.6. The van der Waals surface area contributed by atoms with Crippen LogP contribution in [0.25, 0.3) is 0 Å². The van der Waals surface area contributed by atoms with E-state index in [1.165, 1.54) is 5.69 Å². The lowest BCUT2D eigenvalue weighted by Crippen LogP contribution is -2.36. The summed E-state index contributed by atoms with van der Waals surface area (Å²) in [4.78, 5) is 13.4. The van der Waals surface area contributed by atoms with Crippen LogP contribution in [0.1, 0.15) is 5.56 Å². The first kappa shape index (κ1) is 12.7. The number of carbonyl (C=O) groups is 1. The summed E-state index contributed by atoms with van der Waals surface area (Å²) in [5.41, 5.74) is 2.29. The van der Waals surface area contributed by atoms with Gasteiger partial charge in [-0.3, -0.25) is 0 Å². The van der Waals surface area contributed by atoms with Gasteiger partial charge in [0.05, 0.1) is 13.2 Å². The van der Waals surface area contributed by atoms with Gasteiger partial charge in [0, 0.05) is 32.4 Å².